The zero-order valence-electron chi connectivity index (χ0n) is 31.4. The Labute approximate surface area is 333 Å². The van der Waals surface area contributed by atoms with Crippen molar-refractivity contribution in [3.05, 3.63) is 234 Å². The molecule has 0 spiro atoms. The quantitative estimate of drug-likeness (QED) is 0.151. The van der Waals surface area contributed by atoms with Crippen LogP contribution < -0.4 is 0 Å². The zero-order valence-corrected chi connectivity index (χ0v) is 31.4. The SMILES string of the molecule is N=C(/C=C(\N=Cc1ccc(-c2ccc(-c3cccc4c3Cc3c-4ccc4ccccc34)cc2)c2ccccc12)c1ccccc1-c1ccccc1)c1ccccc1. The van der Waals surface area contributed by atoms with Crippen LogP contribution >= 0.6 is 0 Å². The maximum atomic E-state index is 9.04. The molecule has 0 fully saturated rings. The molecule has 0 heterocycles. The number of nitrogens with zero attached hydrogens (tertiary/aromatic N) is 1. The van der Waals surface area contributed by atoms with Crippen molar-refractivity contribution >= 4 is 39.2 Å². The minimum Gasteiger partial charge on any atom is -0.300 e. The number of rotatable bonds is 8. The van der Waals surface area contributed by atoms with Gasteiger partial charge in [0.15, 0.2) is 0 Å². The van der Waals surface area contributed by atoms with Gasteiger partial charge in [-0.05, 0) is 95.2 Å². The summed E-state index contributed by atoms with van der Waals surface area (Å²) < 4.78 is 0. The molecular weight excluding hydrogens is 689 g/mol. The first-order valence-corrected chi connectivity index (χ1v) is 19.5. The van der Waals surface area contributed by atoms with Gasteiger partial charge in [0.2, 0.25) is 0 Å². The molecule has 0 aromatic heterocycles. The molecule has 0 bridgehead atoms. The highest BCUT2D eigenvalue weighted by Crippen LogP contribution is 2.44. The van der Waals surface area contributed by atoms with Gasteiger partial charge in [0.1, 0.15) is 0 Å². The summed E-state index contributed by atoms with van der Waals surface area (Å²) in [7, 11) is 0. The van der Waals surface area contributed by atoms with Crippen molar-refractivity contribution in [1.29, 1.82) is 5.41 Å². The molecule has 10 rings (SSSR count). The summed E-state index contributed by atoms with van der Waals surface area (Å²) in [5, 5.41) is 14.0. The second-order valence-corrected chi connectivity index (χ2v) is 14.6. The van der Waals surface area contributed by atoms with Gasteiger partial charge in [0, 0.05) is 17.3 Å². The van der Waals surface area contributed by atoms with E-state index in [0.29, 0.717) is 5.71 Å². The van der Waals surface area contributed by atoms with Crippen LogP contribution in [0.5, 0.6) is 0 Å². The fourth-order valence-electron chi connectivity index (χ4n) is 8.51. The Balaban J connectivity index is 1.00. The summed E-state index contributed by atoms with van der Waals surface area (Å²) in [6, 6.07) is 70.6. The Morgan fingerprint density at radius 3 is 1.81 bits per heavy atom. The van der Waals surface area contributed by atoms with Crippen LogP contribution in [0.1, 0.15) is 27.8 Å². The first-order valence-electron chi connectivity index (χ1n) is 19.5. The van der Waals surface area contributed by atoms with Crippen LogP contribution in [0, 0.1) is 5.41 Å². The topological polar surface area (TPSA) is 36.2 Å². The molecule has 2 nitrogen and oxygen atoms in total. The molecule has 0 radical (unpaired) electrons. The molecular formula is C55H38N2. The molecule has 9 aromatic rings. The lowest BCUT2D eigenvalue weighted by molar-refractivity contribution is 1.28. The van der Waals surface area contributed by atoms with E-state index in [4.69, 9.17) is 10.4 Å². The smallest absolute Gasteiger partial charge is 0.0729 e. The lowest BCUT2D eigenvalue weighted by Crippen LogP contribution is -1.97. The Bertz CT molecular complexity index is 3030. The molecule has 0 saturated heterocycles. The van der Waals surface area contributed by atoms with Gasteiger partial charge in [-0.25, -0.2) is 0 Å². The van der Waals surface area contributed by atoms with E-state index in [0.717, 1.165) is 45.3 Å². The minimum absolute atomic E-state index is 0.410. The van der Waals surface area contributed by atoms with Crippen molar-refractivity contribution in [2.24, 2.45) is 4.99 Å². The molecule has 57 heavy (non-hydrogen) atoms. The van der Waals surface area contributed by atoms with Crippen LogP contribution in [-0.2, 0) is 6.42 Å². The van der Waals surface area contributed by atoms with Crippen LogP contribution in [0.15, 0.2) is 211 Å². The van der Waals surface area contributed by atoms with E-state index in [9.17, 15) is 0 Å². The highest BCUT2D eigenvalue weighted by atomic mass is 14.7. The summed E-state index contributed by atoms with van der Waals surface area (Å²) in [5.41, 5.74) is 16.6. The van der Waals surface area contributed by atoms with Gasteiger partial charge in [0.05, 0.1) is 11.4 Å². The molecule has 2 heteroatoms. The van der Waals surface area contributed by atoms with E-state index >= 15 is 0 Å². The van der Waals surface area contributed by atoms with Gasteiger partial charge in [0.25, 0.3) is 0 Å². The van der Waals surface area contributed by atoms with Crippen molar-refractivity contribution < 1.29 is 0 Å². The number of hydrogen-bond acceptors (Lipinski definition) is 2. The largest absolute Gasteiger partial charge is 0.300 e. The standard InChI is InChI=1S/C55H38N2/c56-54(41-17-5-2-6-18-41)35-55(51-23-12-10-19-43(51)37-14-3-1-4-15-37)57-36-42-31-32-47(48-22-11-9-21-46(42)48)40-28-26-39(27-29-40)45-24-13-25-49-50-33-30-38-16-7-8-20-44(38)53(50)34-52(45)49/h1-33,35-36,56H,34H2/b55-35-,56-54?,57-36?. The summed E-state index contributed by atoms with van der Waals surface area (Å²) >= 11 is 0. The number of nitrogens with one attached hydrogen (secondary N) is 1. The molecule has 1 aliphatic rings. The van der Waals surface area contributed by atoms with E-state index in [-0.39, 0.29) is 0 Å². The molecule has 0 aliphatic heterocycles. The lowest BCUT2D eigenvalue weighted by atomic mass is 9.92. The maximum Gasteiger partial charge on any atom is 0.0729 e. The molecule has 1 N–H and O–H groups in total. The normalized spacial score (nSPS) is 12.2. The van der Waals surface area contributed by atoms with E-state index in [1.165, 1.54) is 60.7 Å². The number of allylic oxidation sites excluding steroid dienone is 1. The van der Waals surface area contributed by atoms with E-state index in [1.54, 1.807) is 0 Å². The first kappa shape index (κ1) is 34.1. The number of benzene rings is 9. The minimum atomic E-state index is 0.410. The second-order valence-electron chi connectivity index (χ2n) is 14.6. The van der Waals surface area contributed by atoms with Crippen LogP contribution in [-0.4, -0.2) is 11.9 Å². The predicted octanol–water partition coefficient (Wildman–Crippen LogP) is 14.1. The predicted molar refractivity (Wildman–Crippen MR) is 241 cm³/mol. The summed E-state index contributed by atoms with van der Waals surface area (Å²) in [5.74, 6) is 0. The Morgan fingerprint density at radius 1 is 0.421 bits per heavy atom. The maximum absolute atomic E-state index is 9.04. The van der Waals surface area contributed by atoms with Gasteiger partial charge in [-0.2, -0.15) is 0 Å². The van der Waals surface area contributed by atoms with E-state index in [2.05, 4.69) is 158 Å². The molecule has 268 valence electrons. The molecule has 9 aromatic carbocycles. The highest BCUT2D eigenvalue weighted by molar-refractivity contribution is 6.12. The van der Waals surface area contributed by atoms with E-state index in [1.807, 2.05) is 54.8 Å². The average molecular weight is 727 g/mol. The highest BCUT2D eigenvalue weighted by Gasteiger charge is 2.23. The fourth-order valence-corrected chi connectivity index (χ4v) is 8.51. The van der Waals surface area contributed by atoms with Crippen molar-refractivity contribution in [3.63, 3.8) is 0 Å². The molecule has 0 saturated carbocycles. The van der Waals surface area contributed by atoms with Crippen molar-refractivity contribution in [2.45, 2.75) is 6.42 Å². The number of hydrogen-bond donors (Lipinski definition) is 1. The third kappa shape index (κ3) is 6.38. The Hall–Kier alpha value is -7.42. The summed E-state index contributed by atoms with van der Waals surface area (Å²) in [6.07, 6.45) is 4.78. The Kier molecular flexibility index (Phi) is 8.78. The first-order chi connectivity index (χ1) is 28.2. The van der Waals surface area contributed by atoms with Gasteiger partial charge in [-0.1, -0.05) is 200 Å². The Morgan fingerprint density at radius 2 is 1.00 bits per heavy atom. The summed E-state index contributed by atoms with van der Waals surface area (Å²) in [6.45, 7) is 0. The van der Waals surface area contributed by atoms with Crippen LogP contribution in [0.3, 0.4) is 0 Å². The average Bonchev–Trinajstić information content (AvgIpc) is 3.68. The zero-order chi connectivity index (χ0) is 38.1. The number of aliphatic imine (C=N–C) groups is 1. The molecule has 0 amide bonds. The fraction of sp³-hybridized carbons (Fsp3) is 0.0182. The molecule has 1 aliphatic carbocycles. The third-order valence-electron chi connectivity index (χ3n) is 11.3. The number of fused-ring (bicyclic) bond motifs is 6. The van der Waals surface area contributed by atoms with Crippen LogP contribution in [0.2, 0.25) is 0 Å². The third-order valence-corrected chi connectivity index (χ3v) is 11.3. The van der Waals surface area contributed by atoms with Crippen LogP contribution in [0.4, 0.5) is 0 Å². The summed E-state index contributed by atoms with van der Waals surface area (Å²) in [4.78, 5) is 5.17. The van der Waals surface area contributed by atoms with E-state index < -0.39 is 0 Å². The van der Waals surface area contributed by atoms with Crippen molar-refractivity contribution in [2.75, 3.05) is 0 Å². The monoisotopic (exact) mass is 726 g/mol. The van der Waals surface area contributed by atoms with Crippen molar-refractivity contribution in [1.82, 2.24) is 0 Å². The second kappa shape index (κ2) is 14.7. The molecule has 0 unspecified atom stereocenters. The van der Waals surface area contributed by atoms with Gasteiger partial charge >= 0.3 is 0 Å². The molecule has 0 atom stereocenters. The van der Waals surface area contributed by atoms with Gasteiger partial charge in [-0.15, -0.1) is 0 Å². The van der Waals surface area contributed by atoms with Crippen molar-refractivity contribution in [3.8, 4) is 44.5 Å². The lowest BCUT2D eigenvalue weighted by Gasteiger charge is -2.13. The van der Waals surface area contributed by atoms with Crippen LogP contribution in [0.25, 0.3) is 71.7 Å². The van der Waals surface area contributed by atoms with Gasteiger partial charge < -0.3 is 5.41 Å². The van der Waals surface area contributed by atoms with Gasteiger partial charge in [-0.3, -0.25) is 4.99 Å².